The predicted octanol–water partition coefficient (Wildman–Crippen LogP) is 3.21. The van der Waals surface area contributed by atoms with Crippen LogP contribution in [0.25, 0.3) is 0 Å². The van der Waals surface area contributed by atoms with Crippen molar-refractivity contribution in [3.63, 3.8) is 0 Å². The van der Waals surface area contributed by atoms with Crippen molar-refractivity contribution >= 4 is 40.7 Å². The quantitative estimate of drug-likeness (QED) is 0.836. The molecule has 1 fully saturated rings. The lowest BCUT2D eigenvalue weighted by Gasteiger charge is -2.40. The zero-order valence-corrected chi connectivity index (χ0v) is 13.8. The van der Waals surface area contributed by atoms with Crippen LogP contribution in [0.15, 0.2) is 18.2 Å². The van der Waals surface area contributed by atoms with Gasteiger partial charge >= 0.3 is 0 Å². The van der Waals surface area contributed by atoms with Crippen LogP contribution in [0, 0.1) is 5.92 Å². The smallest absolute Gasteiger partial charge is 0.249 e. The van der Waals surface area contributed by atoms with Crippen LogP contribution < -0.4 is 4.90 Å². The van der Waals surface area contributed by atoms with Crippen LogP contribution in [-0.4, -0.2) is 35.8 Å². The third kappa shape index (κ3) is 3.16. The van der Waals surface area contributed by atoms with Crippen molar-refractivity contribution < 1.29 is 9.59 Å². The van der Waals surface area contributed by atoms with E-state index in [1.807, 2.05) is 13.8 Å². The molecule has 0 bridgehead atoms. The number of hydrogen-bond donors (Lipinski definition) is 0. The predicted molar refractivity (Wildman–Crippen MR) is 84.8 cm³/mol. The van der Waals surface area contributed by atoms with E-state index in [-0.39, 0.29) is 17.7 Å². The van der Waals surface area contributed by atoms with Gasteiger partial charge in [-0.15, -0.1) is 0 Å². The fraction of sp³-hybridized carbons (Fsp3) is 0.467. The van der Waals surface area contributed by atoms with Crippen molar-refractivity contribution in [1.29, 1.82) is 0 Å². The average Bonchev–Trinajstić information content (AvgIpc) is 2.42. The molecule has 1 heterocycles. The highest BCUT2D eigenvalue weighted by Crippen LogP contribution is 2.31. The van der Waals surface area contributed by atoms with E-state index in [9.17, 15) is 9.59 Å². The molecule has 6 heteroatoms. The van der Waals surface area contributed by atoms with E-state index in [4.69, 9.17) is 23.2 Å². The minimum Gasteiger partial charge on any atom is -0.329 e. The molecule has 0 spiro atoms. The number of rotatable bonds is 2. The van der Waals surface area contributed by atoms with E-state index in [2.05, 4.69) is 0 Å². The lowest BCUT2D eigenvalue weighted by atomic mass is 10.1. The Bertz CT molecular complexity index is 575. The molecule has 1 aromatic rings. The Morgan fingerprint density at radius 2 is 1.95 bits per heavy atom. The van der Waals surface area contributed by atoms with E-state index in [0.29, 0.717) is 28.8 Å². The van der Waals surface area contributed by atoms with E-state index in [1.165, 1.54) is 0 Å². The molecule has 2 rings (SSSR count). The molecule has 0 aromatic heterocycles. The van der Waals surface area contributed by atoms with Gasteiger partial charge in [-0.05, 0) is 25.1 Å². The summed E-state index contributed by atoms with van der Waals surface area (Å²) in [7, 11) is 0. The van der Waals surface area contributed by atoms with Gasteiger partial charge in [-0.1, -0.05) is 37.0 Å². The third-order valence-corrected chi connectivity index (χ3v) is 4.17. The maximum Gasteiger partial charge on any atom is 0.249 e. The van der Waals surface area contributed by atoms with Crippen LogP contribution in [0.3, 0.4) is 0 Å². The SMILES string of the molecule is CC(C)C(=O)N1CCN(c2ccc(Cl)cc2Cl)C(=O)[C@@H]1C. The fourth-order valence-electron chi connectivity index (χ4n) is 2.44. The summed E-state index contributed by atoms with van der Waals surface area (Å²) >= 11 is 12.0. The Balaban J connectivity index is 2.23. The van der Waals surface area contributed by atoms with Gasteiger partial charge in [0.2, 0.25) is 11.8 Å². The molecular formula is C15H18Cl2N2O2. The van der Waals surface area contributed by atoms with Crippen LogP contribution in [0.1, 0.15) is 20.8 Å². The van der Waals surface area contributed by atoms with E-state index in [0.717, 1.165) is 0 Å². The highest BCUT2D eigenvalue weighted by Gasteiger charge is 2.36. The summed E-state index contributed by atoms with van der Waals surface area (Å²) in [6.45, 7) is 6.36. The lowest BCUT2D eigenvalue weighted by Crippen LogP contribution is -2.58. The summed E-state index contributed by atoms with van der Waals surface area (Å²) in [6, 6.07) is 4.56. The number of halogens is 2. The molecular weight excluding hydrogens is 311 g/mol. The molecule has 1 atom stereocenters. The molecule has 0 aliphatic carbocycles. The molecule has 0 N–H and O–H groups in total. The van der Waals surface area contributed by atoms with Crippen molar-refractivity contribution in [1.82, 2.24) is 4.90 Å². The van der Waals surface area contributed by atoms with E-state index in [1.54, 1.807) is 34.9 Å². The maximum atomic E-state index is 12.5. The monoisotopic (exact) mass is 328 g/mol. The van der Waals surface area contributed by atoms with Gasteiger partial charge in [0.1, 0.15) is 6.04 Å². The van der Waals surface area contributed by atoms with Crippen LogP contribution >= 0.6 is 23.2 Å². The Labute approximate surface area is 134 Å². The highest BCUT2D eigenvalue weighted by atomic mass is 35.5. The van der Waals surface area contributed by atoms with Crippen molar-refractivity contribution in [3.8, 4) is 0 Å². The Kier molecular flexibility index (Phi) is 4.79. The van der Waals surface area contributed by atoms with Crippen LogP contribution in [0.4, 0.5) is 5.69 Å². The third-order valence-electron chi connectivity index (χ3n) is 3.63. The topological polar surface area (TPSA) is 40.6 Å². The second kappa shape index (κ2) is 6.24. The molecule has 1 aliphatic rings. The van der Waals surface area contributed by atoms with Crippen molar-refractivity contribution in [3.05, 3.63) is 28.2 Å². The molecule has 21 heavy (non-hydrogen) atoms. The summed E-state index contributed by atoms with van der Waals surface area (Å²) in [6.07, 6.45) is 0. The number of carbonyl (C=O) groups is 2. The first-order valence-corrected chi connectivity index (χ1v) is 7.65. The van der Waals surface area contributed by atoms with E-state index >= 15 is 0 Å². The zero-order valence-electron chi connectivity index (χ0n) is 12.3. The number of amides is 2. The first kappa shape index (κ1) is 16.1. The second-order valence-electron chi connectivity index (χ2n) is 5.45. The molecule has 0 unspecified atom stereocenters. The minimum absolute atomic E-state index is 0.00213. The van der Waals surface area contributed by atoms with Gasteiger partial charge in [-0.3, -0.25) is 9.59 Å². The Morgan fingerprint density at radius 3 is 2.52 bits per heavy atom. The molecule has 1 saturated heterocycles. The number of benzene rings is 1. The molecule has 114 valence electrons. The van der Waals surface area contributed by atoms with Gasteiger partial charge < -0.3 is 9.80 Å². The summed E-state index contributed by atoms with van der Waals surface area (Å²) < 4.78 is 0. The standard InChI is InChI=1S/C15H18Cl2N2O2/c1-9(2)14(20)18-6-7-19(15(21)10(18)3)13-5-4-11(16)8-12(13)17/h4-5,8-10H,6-7H2,1-3H3/t10-/m0/s1. The van der Waals surface area contributed by atoms with Crippen LogP contribution in [0.2, 0.25) is 10.0 Å². The van der Waals surface area contributed by atoms with Crippen LogP contribution in [0.5, 0.6) is 0 Å². The number of hydrogen-bond acceptors (Lipinski definition) is 2. The largest absolute Gasteiger partial charge is 0.329 e. The van der Waals surface area contributed by atoms with Crippen molar-refractivity contribution in [2.24, 2.45) is 5.92 Å². The number of anilines is 1. The normalized spacial score (nSPS) is 19.3. The molecule has 0 radical (unpaired) electrons. The number of carbonyl (C=O) groups excluding carboxylic acids is 2. The number of nitrogens with zero attached hydrogens (tertiary/aromatic N) is 2. The zero-order chi connectivity index (χ0) is 15.7. The fourth-order valence-corrected chi connectivity index (χ4v) is 2.95. The summed E-state index contributed by atoms with van der Waals surface area (Å²) in [5.74, 6) is -0.247. The van der Waals surface area contributed by atoms with Crippen molar-refractivity contribution in [2.45, 2.75) is 26.8 Å². The van der Waals surface area contributed by atoms with Crippen molar-refractivity contribution in [2.75, 3.05) is 18.0 Å². The van der Waals surface area contributed by atoms with Gasteiger partial charge in [0.05, 0.1) is 10.7 Å². The second-order valence-corrected chi connectivity index (χ2v) is 6.29. The molecule has 1 aliphatic heterocycles. The Hall–Kier alpha value is -1.26. The Morgan fingerprint density at radius 1 is 1.29 bits per heavy atom. The van der Waals surface area contributed by atoms with E-state index < -0.39 is 6.04 Å². The van der Waals surface area contributed by atoms with Gasteiger partial charge in [0.15, 0.2) is 0 Å². The molecule has 2 amide bonds. The van der Waals surface area contributed by atoms with Gasteiger partial charge in [0.25, 0.3) is 0 Å². The van der Waals surface area contributed by atoms with Gasteiger partial charge in [0, 0.05) is 24.0 Å². The number of piperazine rings is 1. The molecule has 4 nitrogen and oxygen atoms in total. The summed E-state index contributed by atoms with van der Waals surface area (Å²) in [5, 5.41) is 0.963. The maximum absolute atomic E-state index is 12.5. The summed E-state index contributed by atoms with van der Waals surface area (Å²) in [4.78, 5) is 27.9. The van der Waals surface area contributed by atoms with Crippen LogP contribution in [-0.2, 0) is 9.59 Å². The summed E-state index contributed by atoms with van der Waals surface area (Å²) in [5.41, 5.74) is 0.634. The molecule has 1 aromatic carbocycles. The minimum atomic E-state index is -0.486. The lowest BCUT2D eigenvalue weighted by molar-refractivity contribution is -0.143. The highest BCUT2D eigenvalue weighted by molar-refractivity contribution is 6.36. The first-order chi connectivity index (χ1) is 9.82. The molecule has 0 saturated carbocycles. The average molecular weight is 329 g/mol. The first-order valence-electron chi connectivity index (χ1n) is 6.90. The van der Waals surface area contributed by atoms with Gasteiger partial charge in [-0.2, -0.15) is 0 Å². The van der Waals surface area contributed by atoms with Gasteiger partial charge in [-0.25, -0.2) is 0 Å².